The van der Waals surface area contributed by atoms with Gasteiger partial charge in [0.1, 0.15) is 11.4 Å². The Morgan fingerprint density at radius 1 is 1.08 bits per heavy atom. The maximum absolute atomic E-state index is 12.5. The predicted octanol–water partition coefficient (Wildman–Crippen LogP) is 4.60. The Balaban J connectivity index is 2.38. The Labute approximate surface area is 137 Å². The predicted molar refractivity (Wildman–Crippen MR) is 81.5 cm³/mol. The molecule has 0 N–H and O–H groups in total. The molecule has 4 nitrogen and oxygen atoms in total. The first-order chi connectivity index (χ1) is 11.1. The summed E-state index contributed by atoms with van der Waals surface area (Å²) in [7, 11) is 0. The Morgan fingerprint density at radius 2 is 1.75 bits per heavy atom. The van der Waals surface area contributed by atoms with E-state index in [-0.39, 0.29) is 22.6 Å². The van der Waals surface area contributed by atoms with Crippen molar-refractivity contribution in [2.75, 3.05) is 0 Å². The molecular formula is C17H16F3NO3. The Kier molecular flexibility index (Phi) is 4.82. The molecule has 0 unspecified atom stereocenters. The number of para-hydroxylation sites is 1. The zero-order valence-electron chi connectivity index (χ0n) is 13.3. The van der Waals surface area contributed by atoms with E-state index in [4.69, 9.17) is 4.74 Å². The number of hydrogen-bond donors (Lipinski definition) is 0. The molecule has 1 aromatic heterocycles. The standard InChI is InChI=1S/C17H16F3NO3/c1-16(2,3)24-15(22)11-8-9-21-13(10-11)12-6-4-5-7-14(12)23-17(18,19)20/h4-10H,1-3H3. The summed E-state index contributed by atoms with van der Waals surface area (Å²) in [6, 6.07) is 8.40. The third kappa shape index (κ3) is 4.97. The molecule has 0 atom stereocenters. The normalized spacial score (nSPS) is 11.9. The first-order valence-corrected chi connectivity index (χ1v) is 7.10. The van der Waals surface area contributed by atoms with Gasteiger partial charge >= 0.3 is 12.3 Å². The average molecular weight is 339 g/mol. The first kappa shape index (κ1) is 17.8. The summed E-state index contributed by atoms with van der Waals surface area (Å²) in [6.07, 6.45) is -3.49. The fourth-order valence-electron chi connectivity index (χ4n) is 1.93. The van der Waals surface area contributed by atoms with Crippen molar-refractivity contribution in [2.45, 2.75) is 32.7 Å². The van der Waals surface area contributed by atoms with E-state index >= 15 is 0 Å². The van der Waals surface area contributed by atoms with Gasteiger partial charge in [-0.1, -0.05) is 12.1 Å². The highest BCUT2D eigenvalue weighted by Gasteiger charge is 2.32. The lowest BCUT2D eigenvalue weighted by molar-refractivity contribution is -0.274. The summed E-state index contributed by atoms with van der Waals surface area (Å²) in [4.78, 5) is 16.1. The number of benzene rings is 1. The number of aromatic nitrogens is 1. The summed E-state index contributed by atoms with van der Waals surface area (Å²) < 4.78 is 46.8. The topological polar surface area (TPSA) is 48.4 Å². The Bertz CT molecular complexity index is 736. The van der Waals surface area contributed by atoms with Crippen LogP contribution in [0.5, 0.6) is 5.75 Å². The summed E-state index contributed by atoms with van der Waals surface area (Å²) in [5.74, 6) is -0.973. The summed E-state index contributed by atoms with van der Waals surface area (Å²) in [5, 5.41) is 0. The third-order valence-corrected chi connectivity index (χ3v) is 2.78. The van der Waals surface area contributed by atoms with Gasteiger partial charge in [0, 0.05) is 11.8 Å². The number of rotatable bonds is 3. The summed E-state index contributed by atoms with van der Waals surface area (Å²) >= 11 is 0. The molecule has 0 aliphatic rings. The zero-order chi connectivity index (χ0) is 18.0. The molecule has 0 saturated carbocycles. The zero-order valence-corrected chi connectivity index (χ0v) is 13.3. The molecular weight excluding hydrogens is 323 g/mol. The van der Waals surface area contributed by atoms with E-state index in [0.29, 0.717) is 0 Å². The van der Waals surface area contributed by atoms with Crippen molar-refractivity contribution in [2.24, 2.45) is 0 Å². The number of nitrogens with zero attached hydrogens (tertiary/aromatic N) is 1. The molecule has 128 valence electrons. The van der Waals surface area contributed by atoms with Crippen molar-refractivity contribution in [3.8, 4) is 17.0 Å². The summed E-state index contributed by atoms with van der Waals surface area (Å²) in [5.41, 5.74) is -0.187. The lowest BCUT2D eigenvalue weighted by atomic mass is 10.1. The van der Waals surface area contributed by atoms with E-state index in [9.17, 15) is 18.0 Å². The highest BCUT2D eigenvalue weighted by molar-refractivity contribution is 5.91. The molecule has 2 rings (SSSR count). The van der Waals surface area contributed by atoms with Gasteiger partial charge in [-0.15, -0.1) is 13.2 Å². The molecule has 1 aromatic carbocycles. The van der Waals surface area contributed by atoms with Gasteiger partial charge in [0.05, 0.1) is 11.3 Å². The van der Waals surface area contributed by atoms with E-state index in [1.54, 1.807) is 26.8 Å². The van der Waals surface area contributed by atoms with Gasteiger partial charge in [0.2, 0.25) is 0 Å². The molecule has 0 spiro atoms. The van der Waals surface area contributed by atoms with Crippen molar-refractivity contribution in [1.29, 1.82) is 0 Å². The molecule has 24 heavy (non-hydrogen) atoms. The van der Waals surface area contributed by atoms with Crippen molar-refractivity contribution in [3.63, 3.8) is 0 Å². The SMILES string of the molecule is CC(C)(C)OC(=O)c1ccnc(-c2ccccc2OC(F)(F)F)c1. The van der Waals surface area contributed by atoms with Gasteiger partial charge in [0.15, 0.2) is 0 Å². The summed E-state index contributed by atoms with van der Waals surface area (Å²) in [6.45, 7) is 5.17. The molecule has 0 bridgehead atoms. The van der Waals surface area contributed by atoms with E-state index < -0.39 is 17.9 Å². The van der Waals surface area contributed by atoms with Crippen LogP contribution in [0, 0.1) is 0 Å². The van der Waals surface area contributed by atoms with Crippen molar-refractivity contribution in [1.82, 2.24) is 4.98 Å². The van der Waals surface area contributed by atoms with Crippen molar-refractivity contribution < 1.29 is 27.4 Å². The smallest absolute Gasteiger partial charge is 0.456 e. The number of esters is 1. The Hall–Kier alpha value is -2.57. The molecule has 7 heteroatoms. The van der Waals surface area contributed by atoms with Gasteiger partial charge in [-0.3, -0.25) is 4.98 Å². The molecule has 0 fully saturated rings. The number of hydrogen-bond acceptors (Lipinski definition) is 4. The van der Waals surface area contributed by atoms with Crippen LogP contribution in [0.3, 0.4) is 0 Å². The van der Waals surface area contributed by atoms with Crippen LogP contribution in [0.4, 0.5) is 13.2 Å². The van der Waals surface area contributed by atoms with Crippen LogP contribution in [0.2, 0.25) is 0 Å². The van der Waals surface area contributed by atoms with Crippen LogP contribution in [0.1, 0.15) is 31.1 Å². The molecule has 2 aromatic rings. The highest BCUT2D eigenvalue weighted by Crippen LogP contribution is 2.33. The monoisotopic (exact) mass is 339 g/mol. The fraction of sp³-hybridized carbons (Fsp3) is 0.294. The number of halogens is 3. The maximum Gasteiger partial charge on any atom is 0.573 e. The number of carbonyl (C=O) groups is 1. The number of ether oxygens (including phenoxy) is 2. The van der Waals surface area contributed by atoms with E-state index in [1.807, 2.05) is 0 Å². The Morgan fingerprint density at radius 3 is 2.38 bits per heavy atom. The van der Waals surface area contributed by atoms with Crippen molar-refractivity contribution >= 4 is 5.97 Å². The third-order valence-electron chi connectivity index (χ3n) is 2.78. The van der Waals surface area contributed by atoms with Crippen molar-refractivity contribution in [3.05, 3.63) is 48.2 Å². The second kappa shape index (κ2) is 6.51. The molecule has 1 heterocycles. The molecule has 0 aliphatic heterocycles. The maximum atomic E-state index is 12.5. The largest absolute Gasteiger partial charge is 0.573 e. The first-order valence-electron chi connectivity index (χ1n) is 7.10. The van der Waals surface area contributed by atoms with E-state index in [1.165, 1.54) is 36.5 Å². The van der Waals surface area contributed by atoms with Gasteiger partial charge < -0.3 is 9.47 Å². The number of carbonyl (C=O) groups excluding carboxylic acids is 1. The van der Waals surface area contributed by atoms with Crippen LogP contribution in [-0.2, 0) is 4.74 Å². The van der Waals surface area contributed by atoms with Gasteiger partial charge in [-0.25, -0.2) is 4.79 Å². The number of alkyl halides is 3. The lowest BCUT2D eigenvalue weighted by Gasteiger charge is -2.19. The fourth-order valence-corrected chi connectivity index (χ4v) is 1.93. The lowest BCUT2D eigenvalue weighted by Crippen LogP contribution is -2.23. The molecule has 0 saturated heterocycles. The average Bonchev–Trinajstić information content (AvgIpc) is 2.44. The second-order valence-corrected chi connectivity index (χ2v) is 5.98. The molecule has 0 aliphatic carbocycles. The van der Waals surface area contributed by atoms with E-state index in [2.05, 4.69) is 9.72 Å². The van der Waals surface area contributed by atoms with Crippen LogP contribution >= 0.6 is 0 Å². The minimum atomic E-state index is -4.82. The van der Waals surface area contributed by atoms with Crippen LogP contribution in [-0.4, -0.2) is 22.9 Å². The quantitative estimate of drug-likeness (QED) is 0.767. The highest BCUT2D eigenvalue weighted by atomic mass is 19.4. The van der Waals surface area contributed by atoms with Crippen LogP contribution in [0.15, 0.2) is 42.6 Å². The molecule has 0 amide bonds. The van der Waals surface area contributed by atoms with Crippen LogP contribution in [0.25, 0.3) is 11.3 Å². The number of pyridine rings is 1. The van der Waals surface area contributed by atoms with Gasteiger partial charge in [0.25, 0.3) is 0 Å². The second-order valence-electron chi connectivity index (χ2n) is 5.98. The van der Waals surface area contributed by atoms with Gasteiger partial charge in [-0.05, 0) is 45.0 Å². The van der Waals surface area contributed by atoms with Crippen LogP contribution < -0.4 is 4.74 Å². The molecule has 0 radical (unpaired) electrons. The van der Waals surface area contributed by atoms with Gasteiger partial charge in [-0.2, -0.15) is 0 Å². The minimum Gasteiger partial charge on any atom is -0.456 e. The minimum absolute atomic E-state index is 0.125. The van der Waals surface area contributed by atoms with E-state index in [0.717, 1.165) is 0 Å².